The van der Waals surface area contributed by atoms with Crippen LogP contribution in [0, 0.1) is 0 Å². The number of fused-ring (bicyclic) bond motifs is 1. The van der Waals surface area contributed by atoms with Crippen LogP contribution >= 0.6 is 0 Å². The second-order valence-electron chi connectivity index (χ2n) is 6.10. The van der Waals surface area contributed by atoms with Gasteiger partial charge in [-0.15, -0.1) is 0 Å². The van der Waals surface area contributed by atoms with Gasteiger partial charge in [-0.1, -0.05) is 0 Å². The van der Waals surface area contributed by atoms with Crippen LogP contribution in [-0.4, -0.2) is 50.8 Å². The van der Waals surface area contributed by atoms with Crippen molar-refractivity contribution in [1.29, 1.82) is 0 Å². The molecule has 7 heteroatoms. The predicted molar refractivity (Wildman–Crippen MR) is 86.3 cm³/mol. The fraction of sp³-hybridized carbons (Fsp3) is 0.500. The fourth-order valence-electron chi connectivity index (χ4n) is 3.27. The molecule has 0 saturated carbocycles. The summed E-state index contributed by atoms with van der Waals surface area (Å²) in [5, 5.41) is 4.55. The van der Waals surface area contributed by atoms with Gasteiger partial charge in [0.1, 0.15) is 0 Å². The predicted octanol–water partition coefficient (Wildman–Crippen LogP) is 0.302. The van der Waals surface area contributed by atoms with E-state index in [4.69, 9.17) is 0 Å². The first-order valence-electron chi connectivity index (χ1n) is 8.14. The van der Waals surface area contributed by atoms with Gasteiger partial charge in [0.15, 0.2) is 0 Å². The summed E-state index contributed by atoms with van der Waals surface area (Å²) in [5.74, 6) is 0.778. The van der Waals surface area contributed by atoms with Gasteiger partial charge in [-0.25, -0.2) is 14.6 Å². The van der Waals surface area contributed by atoms with E-state index in [1.54, 1.807) is 23.1 Å². The van der Waals surface area contributed by atoms with Gasteiger partial charge >= 0.3 is 0 Å². The van der Waals surface area contributed by atoms with E-state index in [1.807, 2.05) is 6.07 Å². The van der Waals surface area contributed by atoms with Crippen molar-refractivity contribution in [2.45, 2.75) is 25.9 Å². The summed E-state index contributed by atoms with van der Waals surface area (Å²) in [4.78, 5) is 25.2. The molecule has 7 nitrogen and oxygen atoms in total. The van der Waals surface area contributed by atoms with Crippen molar-refractivity contribution in [3.8, 4) is 0 Å². The molecule has 120 valence electrons. The second kappa shape index (κ2) is 6.08. The topological polar surface area (TPSA) is 67.2 Å². The first-order chi connectivity index (χ1) is 11.3. The SMILES string of the molecule is O=c1cc2c(nn1CN1CCN(c3ncccn3)CC1)CCC2. The molecule has 1 saturated heterocycles. The number of aromatic nitrogens is 4. The van der Waals surface area contributed by atoms with Crippen molar-refractivity contribution in [2.24, 2.45) is 0 Å². The van der Waals surface area contributed by atoms with Crippen LogP contribution < -0.4 is 10.5 Å². The molecular weight excluding hydrogens is 292 g/mol. The lowest BCUT2D eigenvalue weighted by atomic mass is 10.2. The van der Waals surface area contributed by atoms with Gasteiger partial charge in [0, 0.05) is 44.6 Å². The van der Waals surface area contributed by atoms with E-state index >= 15 is 0 Å². The monoisotopic (exact) mass is 312 g/mol. The van der Waals surface area contributed by atoms with Crippen molar-refractivity contribution >= 4 is 5.95 Å². The molecule has 23 heavy (non-hydrogen) atoms. The number of piperazine rings is 1. The van der Waals surface area contributed by atoms with Gasteiger partial charge in [-0.2, -0.15) is 5.10 Å². The lowest BCUT2D eigenvalue weighted by molar-refractivity contribution is 0.190. The Bertz CT molecular complexity index is 736. The molecule has 1 aliphatic carbocycles. The molecule has 0 bridgehead atoms. The Hall–Kier alpha value is -2.28. The highest BCUT2D eigenvalue weighted by Crippen LogP contribution is 2.17. The lowest BCUT2D eigenvalue weighted by Gasteiger charge is -2.34. The van der Waals surface area contributed by atoms with E-state index in [1.165, 1.54) is 0 Å². The smallest absolute Gasteiger partial charge is 0.268 e. The van der Waals surface area contributed by atoms with Crippen molar-refractivity contribution in [1.82, 2.24) is 24.6 Å². The maximum atomic E-state index is 12.2. The Labute approximate surface area is 134 Å². The van der Waals surface area contributed by atoms with Crippen LogP contribution in [0.25, 0.3) is 0 Å². The largest absolute Gasteiger partial charge is 0.338 e. The number of aryl methyl sites for hydroxylation is 2. The van der Waals surface area contributed by atoms with E-state index in [9.17, 15) is 4.79 Å². The number of nitrogens with zero attached hydrogens (tertiary/aromatic N) is 6. The van der Waals surface area contributed by atoms with Crippen LogP contribution in [-0.2, 0) is 19.5 Å². The Balaban J connectivity index is 1.41. The summed E-state index contributed by atoms with van der Waals surface area (Å²) in [6, 6.07) is 3.59. The molecule has 4 rings (SSSR count). The minimum Gasteiger partial charge on any atom is -0.338 e. The van der Waals surface area contributed by atoms with Crippen LogP contribution in [0.4, 0.5) is 5.95 Å². The zero-order chi connectivity index (χ0) is 15.6. The van der Waals surface area contributed by atoms with Crippen LogP contribution in [0.5, 0.6) is 0 Å². The van der Waals surface area contributed by atoms with Crippen molar-refractivity contribution in [3.05, 3.63) is 46.1 Å². The summed E-state index contributed by atoms with van der Waals surface area (Å²) >= 11 is 0. The van der Waals surface area contributed by atoms with Crippen LogP contribution in [0.1, 0.15) is 17.7 Å². The first kappa shape index (κ1) is 14.3. The molecule has 2 aromatic rings. The Morgan fingerprint density at radius 3 is 2.61 bits per heavy atom. The second-order valence-corrected chi connectivity index (χ2v) is 6.10. The Morgan fingerprint density at radius 2 is 1.83 bits per heavy atom. The van der Waals surface area contributed by atoms with E-state index < -0.39 is 0 Å². The van der Waals surface area contributed by atoms with Gasteiger partial charge in [0.25, 0.3) is 5.56 Å². The molecule has 0 amide bonds. The summed E-state index contributed by atoms with van der Waals surface area (Å²) in [7, 11) is 0. The number of anilines is 1. The van der Waals surface area contributed by atoms with Crippen molar-refractivity contribution in [3.63, 3.8) is 0 Å². The third-order valence-corrected chi connectivity index (χ3v) is 4.57. The molecule has 0 aromatic carbocycles. The molecule has 0 spiro atoms. The number of rotatable bonds is 3. The quantitative estimate of drug-likeness (QED) is 0.812. The first-order valence-corrected chi connectivity index (χ1v) is 8.14. The van der Waals surface area contributed by atoms with E-state index in [-0.39, 0.29) is 5.56 Å². The third-order valence-electron chi connectivity index (χ3n) is 4.57. The molecule has 0 N–H and O–H groups in total. The zero-order valence-electron chi connectivity index (χ0n) is 13.1. The molecule has 2 aromatic heterocycles. The molecule has 0 unspecified atom stereocenters. The minimum absolute atomic E-state index is 0.0134. The van der Waals surface area contributed by atoms with Gasteiger partial charge in [0.05, 0.1) is 12.4 Å². The van der Waals surface area contributed by atoms with Crippen LogP contribution in [0.15, 0.2) is 29.3 Å². The molecule has 0 radical (unpaired) electrons. The van der Waals surface area contributed by atoms with Gasteiger partial charge in [-0.3, -0.25) is 9.69 Å². The molecule has 2 aliphatic rings. The Morgan fingerprint density at radius 1 is 1.04 bits per heavy atom. The van der Waals surface area contributed by atoms with Crippen LogP contribution in [0.2, 0.25) is 0 Å². The summed E-state index contributed by atoms with van der Waals surface area (Å²) < 4.78 is 1.61. The standard InChI is InChI=1S/C16H20N6O/c23-15-11-13-3-1-4-14(13)19-22(15)12-20-7-9-21(10-8-20)16-17-5-2-6-18-16/h2,5-6,11H,1,3-4,7-10,12H2. The van der Waals surface area contributed by atoms with E-state index in [0.717, 1.165) is 62.6 Å². The molecular formula is C16H20N6O. The lowest BCUT2D eigenvalue weighted by Crippen LogP contribution is -2.48. The van der Waals surface area contributed by atoms with Crippen molar-refractivity contribution < 1.29 is 0 Å². The molecule has 0 atom stereocenters. The third kappa shape index (κ3) is 2.96. The summed E-state index contributed by atoms with van der Waals surface area (Å²) in [6.45, 7) is 4.05. The molecule has 1 fully saturated rings. The maximum Gasteiger partial charge on any atom is 0.268 e. The van der Waals surface area contributed by atoms with Crippen molar-refractivity contribution in [2.75, 3.05) is 31.1 Å². The minimum atomic E-state index is 0.0134. The summed E-state index contributed by atoms with van der Waals surface area (Å²) in [6.07, 6.45) is 6.63. The van der Waals surface area contributed by atoms with Crippen LogP contribution in [0.3, 0.4) is 0 Å². The van der Waals surface area contributed by atoms with Gasteiger partial charge < -0.3 is 4.90 Å². The van der Waals surface area contributed by atoms with E-state index in [0.29, 0.717) is 6.67 Å². The average Bonchev–Trinajstić information content (AvgIpc) is 3.04. The van der Waals surface area contributed by atoms with Gasteiger partial charge in [0.2, 0.25) is 5.95 Å². The van der Waals surface area contributed by atoms with E-state index in [2.05, 4.69) is 24.9 Å². The molecule has 3 heterocycles. The molecule has 1 aliphatic heterocycles. The highest BCUT2D eigenvalue weighted by molar-refractivity contribution is 5.29. The van der Waals surface area contributed by atoms with Gasteiger partial charge in [-0.05, 0) is 30.9 Å². The normalized spacial score (nSPS) is 18.2. The zero-order valence-corrected chi connectivity index (χ0v) is 13.1. The summed E-state index contributed by atoms with van der Waals surface area (Å²) in [5.41, 5.74) is 2.25. The Kier molecular flexibility index (Phi) is 3.78. The number of hydrogen-bond acceptors (Lipinski definition) is 6. The fourth-order valence-corrected chi connectivity index (χ4v) is 3.27. The number of hydrogen-bond donors (Lipinski definition) is 0. The highest BCUT2D eigenvalue weighted by atomic mass is 16.1. The maximum absolute atomic E-state index is 12.2. The average molecular weight is 312 g/mol. The highest BCUT2D eigenvalue weighted by Gasteiger charge is 2.20.